The van der Waals surface area contributed by atoms with Crippen molar-refractivity contribution >= 4 is 22.2 Å². The molecule has 0 saturated heterocycles. The molecule has 0 aliphatic rings. The number of aromatic nitrogens is 1. The summed E-state index contributed by atoms with van der Waals surface area (Å²) in [4.78, 5) is 14.3. The van der Waals surface area contributed by atoms with E-state index in [2.05, 4.69) is 10.3 Å². The molecule has 0 aliphatic heterocycles. The predicted molar refractivity (Wildman–Crippen MR) is 40.2 cm³/mol. The monoisotopic (exact) mass is 157 g/mol. The van der Waals surface area contributed by atoms with Crippen molar-refractivity contribution in [3.63, 3.8) is 0 Å². The lowest BCUT2D eigenvalue weighted by Crippen LogP contribution is -2.12. The second kappa shape index (κ2) is 2.66. The van der Waals surface area contributed by atoms with E-state index in [9.17, 15) is 4.79 Å². The van der Waals surface area contributed by atoms with Gasteiger partial charge in [0.2, 0.25) is 0 Å². The molecule has 1 aromatic heterocycles. The highest BCUT2D eigenvalue weighted by Crippen LogP contribution is 2.17. The number of rotatable bonds is 2. The number of thiazole rings is 1. The third-order valence-corrected chi connectivity index (χ3v) is 1.87. The lowest BCUT2D eigenvalue weighted by Gasteiger charge is -1.93. The van der Waals surface area contributed by atoms with E-state index in [-0.39, 0.29) is 0 Å². The highest BCUT2D eigenvalue weighted by molar-refractivity contribution is 7.14. The molecule has 0 radical (unpaired) electrons. The molecule has 0 saturated carbocycles. The minimum Gasteiger partial charge on any atom is -0.378 e. The zero-order valence-corrected chi connectivity index (χ0v) is 6.23. The molecule has 0 fully saturated rings. The molecule has 5 heteroatoms. The van der Waals surface area contributed by atoms with Crippen molar-refractivity contribution < 1.29 is 4.79 Å². The quantitative estimate of drug-likeness (QED) is 0.648. The van der Waals surface area contributed by atoms with Gasteiger partial charge >= 0.3 is 0 Å². The SMILES string of the molecule is CNc1scnc1C(N)=O. The molecule has 1 heterocycles. The number of carbonyl (C=O) groups excluding carboxylic acids is 1. The summed E-state index contributed by atoms with van der Waals surface area (Å²) in [6, 6.07) is 0. The third-order valence-electron chi connectivity index (χ3n) is 1.03. The van der Waals surface area contributed by atoms with Crippen molar-refractivity contribution in [3.8, 4) is 0 Å². The third kappa shape index (κ3) is 1.08. The van der Waals surface area contributed by atoms with Gasteiger partial charge in [0.25, 0.3) is 5.91 Å². The molecule has 10 heavy (non-hydrogen) atoms. The van der Waals surface area contributed by atoms with Gasteiger partial charge in [-0.25, -0.2) is 4.98 Å². The Bertz CT molecular complexity index is 245. The molecule has 4 nitrogen and oxygen atoms in total. The maximum Gasteiger partial charge on any atom is 0.270 e. The topological polar surface area (TPSA) is 68.0 Å². The van der Waals surface area contributed by atoms with Crippen molar-refractivity contribution in [3.05, 3.63) is 11.2 Å². The molecule has 1 aromatic rings. The number of nitrogens with zero attached hydrogens (tertiary/aromatic N) is 1. The van der Waals surface area contributed by atoms with Gasteiger partial charge in [0.05, 0.1) is 5.51 Å². The molecule has 3 N–H and O–H groups in total. The van der Waals surface area contributed by atoms with E-state index in [1.165, 1.54) is 11.3 Å². The highest BCUT2D eigenvalue weighted by Gasteiger charge is 2.08. The van der Waals surface area contributed by atoms with E-state index < -0.39 is 5.91 Å². The van der Waals surface area contributed by atoms with Crippen LogP contribution in [0.25, 0.3) is 0 Å². The summed E-state index contributed by atoms with van der Waals surface area (Å²) < 4.78 is 0. The molecule has 1 rings (SSSR count). The van der Waals surface area contributed by atoms with Crippen LogP contribution in [0, 0.1) is 0 Å². The zero-order chi connectivity index (χ0) is 7.56. The van der Waals surface area contributed by atoms with Gasteiger partial charge in [-0.05, 0) is 0 Å². The second-order valence-electron chi connectivity index (χ2n) is 1.64. The predicted octanol–water partition coefficient (Wildman–Crippen LogP) is 0.284. The smallest absolute Gasteiger partial charge is 0.270 e. The largest absolute Gasteiger partial charge is 0.378 e. The first-order valence-corrected chi connectivity index (χ1v) is 3.54. The van der Waals surface area contributed by atoms with Gasteiger partial charge < -0.3 is 11.1 Å². The number of anilines is 1. The lowest BCUT2D eigenvalue weighted by atomic mass is 10.4. The van der Waals surface area contributed by atoms with Crippen molar-refractivity contribution in [1.82, 2.24) is 4.98 Å². The number of hydrogen-bond donors (Lipinski definition) is 2. The Morgan fingerprint density at radius 1 is 1.90 bits per heavy atom. The minimum atomic E-state index is -0.495. The van der Waals surface area contributed by atoms with Gasteiger partial charge in [0.1, 0.15) is 5.00 Å². The fraction of sp³-hybridized carbons (Fsp3) is 0.200. The fourth-order valence-electron chi connectivity index (χ4n) is 0.599. The molecular formula is C5H7N3OS. The van der Waals surface area contributed by atoms with E-state index in [1.807, 2.05) is 0 Å². The van der Waals surface area contributed by atoms with Crippen LogP contribution in [0.3, 0.4) is 0 Å². The van der Waals surface area contributed by atoms with E-state index in [0.29, 0.717) is 10.7 Å². The van der Waals surface area contributed by atoms with Crippen molar-refractivity contribution in [2.75, 3.05) is 12.4 Å². The average molecular weight is 157 g/mol. The molecule has 1 amide bonds. The molecule has 0 bridgehead atoms. The van der Waals surface area contributed by atoms with Gasteiger partial charge in [0, 0.05) is 7.05 Å². The Kier molecular flexibility index (Phi) is 1.86. The number of hydrogen-bond acceptors (Lipinski definition) is 4. The average Bonchev–Trinajstić information content (AvgIpc) is 2.33. The molecule has 0 spiro atoms. The number of nitrogens with two attached hydrogens (primary N) is 1. The molecule has 0 aliphatic carbocycles. The maximum atomic E-state index is 10.6. The standard InChI is InChI=1S/C5H7N3OS/c1-7-5-3(4(6)9)8-2-10-5/h2,7H,1H3,(H2,6,9). The van der Waals surface area contributed by atoms with E-state index >= 15 is 0 Å². The Morgan fingerprint density at radius 2 is 2.60 bits per heavy atom. The zero-order valence-electron chi connectivity index (χ0n) is 5.42. The summed E-state index contributed by atoms with van der Waals surface area (Å²) in [6.45, 7) is 0. The van der Waals surface area contributed by atoms with Crippen molar-refractivity contribution in [2.24, 2.45) is 5.73 Å². The number of amides is 1. The summed E-state index contributed by atoms with van der Waals surface area (Å²) in [6.07, 6.45) is 0. The van der Waals surface area contributed by atoms with Crippen LogP contribution in [-0.4, -0.2) is 17.9 Å². The number of carbonyl (C=O) groups is 1. The molecule has 0 aromatic carbocycles. The van der Waals surface area contributed by atoms with E-state index in [4.69, 9.17) is 5.73 Å². The van der Waals surface area contributed by atoms with Crippen LogP contribution in [0.2, 0.25) is 0 Å². The van der Waals surface area contributed by atoms with E-state index in [1.54, 1.807) is 12.6 Å². The van der Waals surface area contributed by atoms with Crippen LogP contribution in [0.4, 0.5) is 5.00 Å². The van der Waals surface area contributed by atoms with Crippen molar-refractivity contribution in [1.29, 1.82) is 0 Å². The maximum absolute atomic E-state index is 10.6. The molecule has 54 valence electrons. The first-order chi connectivity index (χ1) is 4.75. The number of nitrogens with one attached hydrogen (secondary N) is 1. The van der Waals surface area contributed by atoms with Crippen LogP contribution in [-0.2, 0) is 0 Å². The van der Waals surface area contributed by atoms with Gasteiger partial charge in [0.15, 0.2) is 5.69 Å². The fourth-order valence-corrected chi connectivity index (χ4v) is 1.25. The summed E-state index contributed by atoms with van der Waals surface area (Å²) >= 11 is 1.35. The van der Waals surface area contributed by atoms with Crippen LogP contribution in [0.15, 0.2) is 5.51 Å². The Hall–Kier alpha value is -1.10. The molecule has 0 unspecified atom stereocenters. The van der Waals surface area contributed by atoms with E-state index in [0.717, 1.165) is 0 Å². The van der Waals surface area contributed by atoms with Crippen LogP contribution in [0.1, 0.15) is 10.5 Å². The summed E-state index contributed by atoms with van der Waals surface area (Å²) in [5.41, 5.74) is 6.89. The van der Waals surface area contributed by atoms with Gasteiger partial charge in [-0.1, -0.05) is 0 Å². The van der Waals surface area contributed by atoms with Gasteiger partial charge in [-0.3, -0.25) is 4.79 Å². The molecular weight excluding hydrogens is 150 g/mol. The summed E-state index contributed by atoms with van der Waals surface area (Å²) in [5, 5.41) is 3.53. The normalized spacial score (nSPS) is 9.30. The van der Waals surface area contributed by atoms with Crippen LogP contribution in [0.5, 0.6) is 0 Å². The second-order valence-corrected chi connectivity index (χ2v) is 2.50. The Labute approximate surface area is 62.1 Å². The lowest BCUT2D eigenvalue weighted by molar-refractivity contribution is 0.0997. The first kappa shape index (κ1) is 7.01. The summed E-state index contributed by atoms with van der Waals surface area (Å²) in [5.74, 6) is -0.495. The van der Waals surface area contributed by atoms with Gasteiger partial charge in [-0.2, -0.15) is 0 Å². The van der Waals surface area contributed by atoms with Gasteiger partial charge in [-0.15, -0.1) is 11.3 Å². The summed E-state index contributed by atoms with van der Waals surface area (Å²) in [7, 11) is 1.72. The first-order valence-electron chi connectivity index (χ1n) is 2.66. The number of primary amides is 1. The van der Waals surface area contributed by atoms with Crippen molar-refractivity contribution in [2.45, 2.75) is 0 Å². The van der Waals surface area contributed by atoms with Crippen LogP contribution < -0.4 is 11.1 Å². The minimum absolute atomic E-state index is 0.313. The van der Waals surface area contributed by atoms with Crippen LogP contribution >= 0.6 is 11.3 Å². The Morgan fingerprint density at radius 3 is 3.00 bits per heavy atom. The molecule has 0 atom stereocenters. The highest BCUT2D eigenvalue weighted by atomic mass is 32.1. The Balaban J connectivity index is 3.01.